The molecule has 1 aromatic carbocycles. The Morgan fingerprint density at radius 3 is 2.26 bits per heavy atom. The van der Waals surface area contributed by atoms with Gasteiger partial charge in [-0.2, -0.15) is 0 Å². The number of hydrogen-bond acceptors (Lipinski definition) is 2. The summed E-state index contributed by atoms with van der Waals surface area (Å²) in [6.07, 6.45) is 2.41. The van der Waals surface area contributed by atoms with Gasteiger partial charge in [-0.25, -0.2) is 4.99 Å². The number of rotatable bonds is 9. The third kappa shape index (κ3) is 9.81. The SMILES string of the molecule is CCN(CC)CCCCNC(=NCc1ccccc1)N(C)C.I. The van der Waals surface area contributed by atoms with Crippen LogP contribution in [0.4, 0.5) is 0 Å². The van der Waals surface area contributed by atoms with E-state index in [0.717, 1.165) is 32.1 Å². The zero-order valence-corrected chi connectivity index (χ0v) is 17.4. The fourth-order valence-corrected chi connectivity index (χ4v) is 2.31. The second kappa shape index (κ2) is 13.6. The molecule has 1 aromatic rings. The molecule has 0 atom stereocenters. The third-order valence-corrected chi connectivity index (χ3v) is 3.76. The molecule has 0 aliphatic rings. The molecule has 23 heavy (non-hydrogen) atoms. The number of nitrogens with zero attached hydrogens (tertiary/aromatic N) is 3. The van der Waals surface area contributed by atoms with Crippen molar-refractivity contribution < 1.29 is 0 Å². The number of nitrogens with one attached hydrogen (secondary N) is 1. The van der Waals surface area contributed by atoms with E-state index in [-0.39, 0.29) is 24.0 Å². The first-order valence-electron chi connectivity index (χ1n) is 8.39. The lowest BCUT2D eigenvalue weighted by Crippen LogP contribution is -2.37. The quantitative estimate of drug-likeness (QED) is 0.281. The second-order valence-electron chi connectivity index (χ2n) is 5.68. The lowest BCUT2D eigenvalue weighted by molar-refractivity contribution is 0.297. The Balaban J connectivity index is 0.00000484. The lowest BCUT2D eigenvalue weighted by atomic mass is 10.2. The van der Waals surface area contributed by atoms with Crippen LogP contribution in [-0.2, 0) is 6.54 Å². The summed E-state index contributed by atoms with van der Waals surface area (Å²) in [5, 5.41) is 3.46. The Kier molecular flexibility index (Phi) is 13.1. The molecule has 0 saturated heterocycles. The standard InChI is InChI=1S/C18H32N4.HI/c1-5-22(6-2)15-11-10-14-19-18(21(3)4)20-16-17-12-8-7-9-13-17;/h7-9,12-13H,5-6,10-11,14-16H2,1-4H3,(H,19,20);1H. The van der Waals surface area contributed by atoms with Crippen LogP contribution in [0.2, 0.25) is 0 Å². The Morgan fingerprint density at radius 1 is 1.04 bits per heavy atom. The van der Waals surface area contributed by atoms with E-state index < -0.39 is 0 Å². The van der Waals surface area contributed by atoms with Gasteiger partial charge in [0.15, 0.2) is 5.96 Å². The molecule has 0 spiro atoms. The highest BCUT2D eigenvalue weighted by molar-refractivity contribution is 14.0. The van der Waals surface area contributed by atoms with Crippen LogP contribution in [0.1, 0.15) is 32.3 Å². The first-order valence-corrected chi connectivity index (χ1v) is 8.39. The van der Waals surface area contributed by atoms with Gasteiger partial charge in [-0.1, -0.05) is 44.2 Å². The first kappa shape index (κ1) is 22.2. The molecular weight excluding hydrogens is 399 g/mol. The van der Waals surface area contributed by atoms with E-state index in [2.05, 4.69) is 53.3 Å². The molecule has 1 rings (SSSR count). The van der Waals surface area contributed by atoms with Gasteiger partial charge in [-0.3, -0.25) is 0 Å². The molecule has 0 aromatic heterocycles. The largest absolute Gasteiger partial charge is 0.356 e. The normalized spacial score (nSPS) is 11.3. The first-order chi connectivity index (χ1) is 10.7. The zero-order valence-electron chi connectivity index (χ0n) is 15.1. The molecule has 1 N–H and O–H groups in total. The summed E-state index contributed by atoms with van der Waals surface area (Å²) in [5.41, 5.74) is 1.24. The van der Waals surface area contributed by atoms with Crippen molar-refractivity contribution >= 4 is 29.9 Å². The Labute approximate surface area is 159 Å². The molecule has 132 valence electrons. The second-order valence-corrected chi connectivity index (χ2v) is 5.68. The van der Waals surface area contributed by atoms with Gasteiger partial charge in [-0.05, 0) is 38.0 Å². The fourth-order valence-electron chi connectivity index (χ4n) is 2.31. The predicted molar refractivity (Wildman–Crippen MR) is 112 cm³/mol. The van der Waals surface area contributed by atoms with E-state index in [1.54, 1.807) is 0 Å². The van der Waals surface area contributed by atoms with Gasteiger partial charge in [0, 0.05) is 20.6 Å². The Morgan fingerprint density at radius 2 is 1.70 bits per heavy atom. The Hall–Kier alpha value is -0.820. The van der Waals surface area contributed by atoms with Gasteiger partial charge in [0.2, 0.25) is 0 Å². The summed E-state index contributed by atoms with van der Waals surface area (Å²) < 4.78 is 0. The van der Waals surface area contributed by atoms with E-state index in [4.69, 9.17) is 0 Å². The molecule has 5 heteroatoms. The molecule has 0 heterocycles. The summed E-state index contributed by atoms with van der Waals surface area (Å²) in [6, 6.07) is 10.4. The van der Waals surface area contributed by atoms with Gasteiger partial charge in [0.25, 0.3) is 0 Å². The smallest absolute Gasteiger partial charge is 0.193 e. The minimum absolute atomic E-state index is 0. The molecule has 0 fully saturated rings. The van der Waals surface area contributed by atoms with Crippen molar-refractivity contribution in [2.45, 2.75) is 33.2 Å². The van der Waals surface area contributed by atoms with Gasteiger partial charge >= 0.3 is 0 Å². The summed E-state index contributed by atoms with van der Waals surface area (Å²) in [5.74, 6) is 0.965. The number of halogens is 1. The molecule has 0 unspecified atom stereocenters. The number of unbranched alkanes of at least 4 members (excludes halogenated alkanes) is 1. The number of benzene rings is 1. The topological polar surface area (TPSA) is 30.9 Å². The third-order valence-electron chi connectivity index (χ3n) is 3.76. The molecule has 0 radical (unpaired) electrons. The fraction of sp³-hybridized carbons (Fsp3) is 0.611. The van der Waals surface area contributed by atoms with Crippen molar-refractivity contribution in [2.75, 3.05) is 40.3 Å². The molecule has 4 nitrogen and oxygen atoms in total. The van der Waals surface area contributed by atoms with Crippen LogP contribution in [0.5, 0.6) is 0 Å². The summed E-state index contributed by atoms with van der Waals surface area (Å²) in [7, 11) is 4.07. The summed E-state index contributed by atoms with van der Waals surface area (Å²) >= 11 is 0. The highest BCUT2D eigenvalue weighted by Crippen LogP contribution is 2.01. The minimum Gasteiger partial charge on any atom is -0.356 e. The van der Waals surface area contributed by atoms with Crippen molar-refractivity contribution in [1.82, 2.24) is 15.1 Å². The van der Waals surface area contributed by atoms with E-state index in [0.29, 0.717) is 0 Å². The highest BCUT2D eigenvalue weighted by Gasteiger charge is 2.02. The molecular formula is C18H33IN4. The van der Waals surface area contributed by atoms with Gasteiger partial charge in [0.05, 0.1) is 6.54 Å². The average molecular weight is 432 g/mol. The monoisotopic (exact) mass is 432 g/mol. The van der Waals surface area contributed by atoms with Gasteiger partial charge in [-0.15, -0.1) is 24.0 Å². The number of aliphatic imine (C=N–C) groups is 1. The van der Waals surface area contributed by atoms with E-state index >= 15 is 0 Å². The molecule has 0 saturated carbocycles. The summed E-state index contributed by atoms with van der Waals surface area (Å²) in [6.45, 7) is 9.63. The van der Waals surface area contributed by atoms with Gasteiger partial charge in [0.1, 0.15) is 0 Å². The Bertz CT molecular complexity index is 416. The van der Waals surface area contributed by atoms with Gasteiger partial charge < -0.3 is 15.1 Å². The van der Waals surface area contributed by atoms with Crippen molar-refractivity contribution in [2.24, 2.45) is 4.99 Å². The number of hydrogen-bond donors (Lipinski definition) is 1. The lowest BCUT2D eigenvalue weighted by Gasteiger charge is -2.19. The molecule has 0 amide bonds. The maximum absolute atomic E-state index is 4.68. The zero-order chi connectivity index (χ0) is 16.2. The maximum atomic E-state index is 4.68. The van der Waals surface area contributed by atoms with Crippen LogP contribution in [0.15, 0.2) is 35.3 Å². The number of guanidine groups is 1. The van der Waals surface area contributed by atoms with Crippen LogP contribution in [0.25, 0.3) is 0 Å². The maximum Gasteiger partial charge on any atom is 0.193 e. The van der Waals surface area contributed by atoms with E-state index in [9.17, 15) is 0 Å². The van der Waals surface area contributed by atoms with Crippen LogP contribution in [0.3, 0.4) is 0 Å². The van der Waals surface area contributed by atoms with Crippen LogP contribution in [0, 0.1) is 0 Å². The van der Waals surface area contributed by atoms with Crippen LogP contribution < -0.4 is 5.32 Å². The van der Waals surface area contributed by atoms with E-state index in [1.165, 1.54) is 24.9 Å². The molecule has 0 aliphatic carbocycles. The van der Waals surface area contributed by atoms with Crippen molar-refractivity contribution in [3.63, 3.8) is 0 Å². The predicted octanol–water partition coefficient (Wildman–Crippen LogP) is 3.43. The van der Waals surface area contributed by atoms with Crippen LogP contribution >= 0.6 is 24.0 Å². The van der Waals surface area contributed by atoms with Crippen molar-refractivity contribution in [3.05, 3.63) is 35.9 Å². The average Bonchev–Trinajstić information content (AvgIpc) is 2.54. The van der Waals surface area contributed by atoms with Crippen molar-refractivity contribution in [1.29, 1.82) is 0 Å². The minimum atomic E-state index is 0. The van der Waals surface area contributed by atoms with Crippen LogP contribution in [-0.4, -0.2) is 56.0 Å². The summed E-state index contributed by atoms with van der Waals surface area (Å²) in [4.78, 5) is 9.20. The molecule has 0 bridgehead atoms. The van der Waals surface area contributed by atoms with Crippen molar-refractivity contribution in [3.8, 4) is 0 Å². The van der Waals surface area contributed by atoms with E-state index in [1.807, 2.05) is 25.1 Å². The molecule has 0 aliphatic heterocycles. The highest BCUT2D eigenvalue weighted by atomic mass is 127.